The van der Waals surface area contributed by atoms with Crippen molar-refractivity contribution >= 4 is 17.2 Å². The second kappa shape index (κ2) is 5.45. The molecule has 2 unspecified atom stereocenters. The topological polar surface area (TPSA) is 49.5 Å². The van der Waals surface area contributed by atoms with E-state index in [1.54, 1.807) is 0 Å². The molecule has 2 atom stereocenters. The average Bonchev–Trinajstić information content (AvgIpc) is 2.02. The number of thiocarbonyl (C=S) groups is 1. The zero-order valence-corrected chi connectivity index (χ0v) is 8.77. The molecule has 0 spiro atoms. The first-order valence-corrected chi connectivity index (χ1v) is 4.50. The van der Waals surface area contributed by atoms with Gasteiger partial charge in [-0.25, -0.2) is 0 Å². The van der Waals surface area contributed by atoms with Crippen molar-refractivity contribution in [3.8, 4) is 0 Å². The minimum Gasteiger partial charge on any atom is -0.396 e. The van der Waals surface area contributed by atoms with Crippen molar-refractivity contribution in [2.75, 3.05) is 20.2 Å². The van der Waals surface area contributed by atoms with E-state index in [1.807, 2.05) is 25.8 Å². The molecule has 4 heteroatoms. The third-order valence-electron chi connectivity index (χ3n) is 1.98. The zero-order valence-electron chi connectivity index (χ0n) is 7.95. The molecule has 0 aromatic carbocycles. The van der Waals surface area contributed by atoms with Crippen LogP contribution in [0, 0.1) is 5.92 Å². The molecule has 0 rings (SSSR count). The van der Waals surface area contributed by atoms with Gasteiger partial charge in [-0.3, -0.25) is 4.90 Å². The molecule has 0 aliphatic rings. The predicted molar refractivity (Wildman–Crippen MR) is 55.1 cm³/mol. The van der Waals surface area contributed by atoms with Crippen molar-refractivity contribution < 1.29 is 5.11 Å². The number of rotatable bonds is 5. The van der Waals surface area contributed by atoms with E-state index < -0.39 is 0 Å². The van der Waals surface area contributed by atoms with Gasteiger partial charge >= 0.3 is 0 Å². The van der Waals surface area contributed by atoms with Gasteiger partial charge in [-0.15, -0.1) is 0 Å². The molecule has 0 saturated carbocycles. The molecule has 0 heterocycles. The van der Waals surface area contributed by atoms with E-state index in [-0.39, 0.29) is 18.6 Å². The molecule has 3 N–H and O–H groups in total. The summed E-state index contributed by atoms with van der Waals surface area (Å²) in [5.74, 6) is 0.270. The molecule has 12 heavy (non-hydrogen) atoms. The Labute approximate surface area is 79.5 Å². The minimum atomic E-state index is 0.106. The lowest BCUT2D eigenvalue weighted by Gasteiger charge is -2.25. The first-order chi connectivity index (χ1) is 5.49. The summed E-state index contributed by atoms with van der Waals surface area (Å²) in [5, 5.41) is 8.81. The van der Waals surface area contributed by atoms with Crippen LogP contribution in [0.5, 0.6) is 0 Å². The van der Waals surface area contributed by atoms with E-state index in [4.69, 9.17) is 23.1 Å². The standard InChI is InChI=1S/C8H18N2OS/c1-6(5-11)4-10(3)7(2)8(9)12/h6-7,11H,4-5H2,1-3H3,(H2,9,12). The Balaban J connectivity index is 3.86. The van der Waals surface area contributed by atoms with Gasteiger partial charge in [-0.1, -0.05) is 19.1 Å². The lowest BCUT2D eigenvalue weighted by atomic mass is 10.1. The van der Waals surface area contributed by atoms with Crippen molar-refractivity contribution in [1.29, 1.82) is 0 Å². The van der Waals surface area contributed by atoms with E-state index >= 15 is 0 Å². The van der Waals surface area contributed by atoms with Gasteiger partial charge in [0.2, 0.25) is 0 Å². The van der Waals surface area contributed by atoms with Crippen molar-refractivity contribution in [2.24, 2.45) is 11.7 Å². The van der Waals surface area contributed by atoms with Crippen LogP contribution in [0.3, 0.4) is 0 Å². The summed E-state index contributed by atoms with van der Waals surface area (Å²) in [6.45, 7) is 4.97. The highest BCUT2D eigenvalue weighted by atomic mass is 32.1. The molecule has 0 saturated heterocycles. The third-order valence-corrected chi connectivity index (χ3v) is 2.33. The number of nitrogens with two attached hydrogens (primary N) is 1. The van der Waals surface area contributed by atoms with Crippen LogP contribution in [0.15, 0.2) is 0 Å². The van der Waals surface area contributed by atoms with E-state index in [0.717, 1.165) is 6.54 Å². The average molecular weight is 190 g/mol. The van der Waals surface area contributed by atoms with Gasteiger partial charge in [-0.2, -0.15) is 0 Å². The Kier molecular flexibility index (Phi) is 5.37. The van der Waals surface area contributed by atoms with Gasteiger partial charge in [0, 0.05) is 13.2 Å². The molecule has 0 aromatic heterocycles. The zero-order chi connectivity index (χ0) is 9.72. The predicted octanol–water partition coefficient (Wildman–Crippen LogP) is 0.221. The molecular weight excluding hydrogens is 172 g/mol. The molecule has 0 aliphatic carbocycles. The maximum atomic E-state index is 8.81. The van der Waals surface area contributed by atoms with Crippen molar-refractivity contribution in [1.82, 2.24) is 4.90 Å². The fraction of sp³-hybridized carbons (Fsp3) is 0.875. The fourth-order valence-electron chi connectivity index (χ4n) is 0.925. The number of aliphatic hydroxyl groups is 1. The maximum absolute atomic E-state index is 8.81. The van der Waals surface area contributed by atoms with Crippen molar-refractivity contribution in [2.45, 2.75) is 19.9 Å². The number of aliphatic hydroxyl groups excluding tert-OH is 1. The summed E-state index contributed by atoms with van der Waals surface area (Å²) >= 11 is 4.86. The lowest BCUT2D eigenvalue weighted by Crippen LogP contribution is -2.41. The summed E-state index contributed by atoms with van der Waals surface area (Å²) < 4.78 is 0. The van der Waals surface area contributed by atoms with E-state index in [9.17, 15) is 0 Å². The van der Waals surface area contributed by atoms with Gasteiger partial charge in [0.05, 0.1) is 11.0 Å². The maximum Gasteiger partial charge on any atom is 0.0899 e. The molecular formula is C8H18N2OS. The normalized spacial score (nSPS) is 16.1. The summed E-state index contributed by atoms with van der Waals surface area (Å²) in [6.07, 6.45) is 0. The van der Waals surface area contributed by atoms with Crippen LogP contribution in [-0.2, 0) is 0 Å². The number of hydrogen-bond acceptors (Lipinski definition) is 3. The second-order valence-electron chi connectivity index (χ2n) is 3.31. The highest BCUT2D eigenvalue weighted by molar-refractivity contribution is 7.80. The first kappa shape index (κ1) is 11.8. The first-order valence-electron chi connectivity index (χ1n) is 4.09. The molecule has 72 valence electrons. The Hall–Kier alpha value is -0.190. The van der Waals surface area contributed by atoms with Gasteiger partial charge in [0.15, 0.2) is 0 Å². The van der Waals surface area contributed by atoms with Gasteiger partial charge in [0.25, 0.3) is 0 Å². The second-order valence-corrected chi connectivity index (χ2v) is 3.78. The van der Waals surface area contributed by atoms with Gasteiger partial charge in [-0.05, 0) is 19.9 Å². The molecule has 0 aromatic rings. The number of likely N-dealkylation sites (N-methyl/N-ethyl adjacent to an activating group) is 1. The molecule has 0 fully saturated rings. The molecule has 0 radical (unpaired) electrons. The fourth-order valence-corrected chi connectivity index (χ4v) is 1.10. The van der Waals surface area contributed by atoms with Crippen LogP contribution in [0.1, 0.15) is 13.8 Å². The minimum absolute atomic E-state index is 0.106. The Morgan fingerprint density at radius 3 is 2.42 bits per heavy atom. The summed E-state index contributed by atoms with van der Waals surface area (Å²) in [6, 6.07) is 0.106. The SMILES string of the molecule is CC(CO)CN(C)C(C)C(N)=S. The van der Waals surface area contributed by atoms with Crippen molar-refractivity contribution in [3.63, 3.8) is 0 Å². The molecule has 0 amide bonds. The van der Waals surface area contributed by atoms with E-state index in [1.165, 1.54) is 0 Å². The smallest absolute Gasteiger partial charge is 0.0899 e. The van der Waals surface area contributed by atoms with Gasteiger partial charge in [0.1, 0.15) is 0 Å². The Bertz CT molecular complexity index is 152. The number of nitrogens with zero attached hydrogens (tertiary/aromatic N) is 1. The summed E-state index contributed by atoms with van der Waals surface area (Å²) in [5.41, 5.74) is 5.48. The highest BCUT2D eigenvalue weighted by Crippen LogP contribution is 2.01. The number of hydrogen-bond donors (Lipinski definition) is 2. The quantitative estimate of drug-likeness (QED) is 0.609. The van der Waals surface area contributed by atoms with Crippen LogP contribution < -0.4 is 5.73 Å². The summed E-state index contributed by atoms with van der Waals surface area (Å²) in [7, 11) is 1.95. The highest BCUT2D eigenvalue weighted by Gasteiger charge is 2.13. The van der Waals surface area contributed by atoms with Crippen LogP contribution in [0.2, 0.25) is 0 Å². The van der Waals surface area contributed by atoms with Crippen LogP contribution in [-0.4, -0.2) is 41.2 Å². The van der Waals surface area contributed by atoms with Crippen LogP contribution >= 0.6 is 12.2 Å². The van der Waals surface area contributed by atoms with E-state index in [0.29, 0.717) is 4.99 Å². The molecule has 0 bridgehead atoms. The molecule has 0 aliphatic heterocycles. The summed E-state index contributed by atoms with van der Waals surface area (Å²) in [4.78, 5) is 2.55. The van der Waals surface area contributed by atoms with Crippen LogP contribution in [0.25, 0.3) is 0 Å². The lowest BCUT2D eigenvalue weighted by molar-refractivity contribution is 0.184. The van der Waals surface area contributed by atoms with Crippen LogP contribution in [0.4, 0.5) is 0 Å². The monoisotopic (exact) mass is 190 g/mol. The van der Waals surface area contributed by atoms with E-state index in [2.05, 4.69) is 0 Å². The Morgan fingerprint density at radius 2 is 2.08 bits per heavy atom. The van der Waals surface area contributed by atoms with Crippen molar-refractivity contribution in [3.05, 3.63) is 0 Å². The van der Waals surface area contributed by atoms with Gasteiger partial charge < -0.3 is 10.8 Å². The third kappa shape index (κ3) is 3.99. The molecule has 3 nitrogen and oxygen atoms in total. The largest absolute Gasteiger partial charge is 0.396 e. The Morgan fingerprint density at radius 1 is 1.58 bits per heavy atom.